The minimum atomic E-state index is -0.588. The Morgan fingerprint density at radius 2 is 1.43 bits per heavy atom. The van der Waals surface area contributed by atoms with Crippen LogP contribution in [0.15, 0.2) is 12.1 Å². The van der Waals surface area contributed by atoms with Crippen LogP contribution < -0.4 is 0 Å². The molecule has 0 bridgehead atoms. The van der Waals surface area contributed by atoms with Gasteiger partial charge in [-0.25, -0.2) is 0 Å². The average Bonchev–Trinajstić information content (AvgIpc) is 3.64. The number of carboxylic acids is 1. The van der Waals surface area contributed by atoms with Crippen LogP contribution in [0.25, 0.3) is 0 Å². The van der Waals surface area contributed by atoms with Crippen LogP contribution in [-0.4, -0.2) is 23.1 Å². The Hall–Kier alpha value is -1.84. The number of unbranched alkanes of at least 4 members (excludes halogenated alkanes) is 4. The molecule has 1 aromatic rings. The van der Waals surface area contributed by atoms with E-state index in [4.69, 9.17) is 4.74 Å². The zero-order valence-corrected chi connectivity index (χ0v) is 18.8. The summed E-state index contributed by atoms with van der Waals surface area (Å²) < 4.78 is 5.24. The molecule has 2 fully saturated rings. The second-order valence-corrected chi connectivity index (χ2v) is 9.74. The van der Waals surface area contributed by atoms with Crippen LogP contribution in [-0.2, 0) is 27.2 Å². The van der Waals surface area contributed by atoms with E-state index in [0.29, 0.717) is 6.47 Å². The van der Waals surface area contributed by atoms with Gasteiger partial charge >= 0.3 is 5.97 Å². The monoisotopic (exact) mass is 414 g/mol. The zero-order valence-electron chi connectivity index (χ0n) is 18.8. The number of carboxylic acid groups (broad SMARTS) is 1. The maximum Gasteiger partial charge on any atom is 0.309 e. The molecular weight excluding hydrogens is 376 g/mol. The van der Waals surface area contributed by atoms with E-state index in [1.165, 1.54) is 35.1 Å². The molecule has 1 N–H and O–H groups in total. The van der Waals surface area contributed by atoms with Gasteiger partial charge in [0.25, 0.3) is 6.47 Å². The first-order chi connectivity index (χ1) is 14.4. The summed E-state index contributed by atoms with van der Waals surface area (Å²) in [5, 5.41) is 9.24. The predicted molar refractivity (Wildman–Crippen MR) is 119 cm³/mol. The number of hydrogen-bond donors (Lipinski definition) is 1. The zero-order chi connectivity index (χ0) is 21.6. The standard InChI is InChI=1S/C26H38O4/c1-20-21(2)23(10-6-8-14-26(17-18-26)30-19-27)12-11-22(20)9-5-3-4-7-13-25(15-16-25)24(28)29/h11-12,19H,3-10,13-18H2,1-2H3,(H,28,29). The number of rotatable bonds is 15. The Balaban J connectivity index is 1.34. The number of ether oxygens (including phenoxy) is 1. The molecule has 3 rings (SSSR count). The van der Waals surface area contributed by atoms with Crippen molar-refractivity contribution in [1.82, 2.24) is 0 Å². The average molecular weight is 415 g/mol. The van der Waals surface area contributed by atoms with Crippen molar-refractivity contribution >= 4 is 12.4 Å². The molecule has 0 spiro atoms. The van der Waals surface area contributed by atoms with Crippen molar-refractivity contribution in [2.45, 2.75) is 109 Å². The summed E-state index contributed by atoms with van der Waals surface area (Å²) in [6.07, 6.45) is 14.7. The van der Waals surface area contributed by atoms with Crippen LogP contribution in [0.1, 0.15) is 99.3 Å². The lowest BCUT2D eigenvalue weighted by atomic mass is 9.92. The largest absolute Gasteiger partial charge is 0.481 e. The number of carbonyl (C=O) groups excluding carboxylic acids is 1. The lowest BCUT2D eigenvalue weighted by Gasteiger charge is -2.15. The van der Waals surface area contributed by atoms with E-state index in [1.807, 2.05) is 0 Å². The molecule has 0 aliphatic heterocycles. The highest BCUT2D eigenvalue weighted by atomic mass is 16.5. The topological polar surface area (TPSA) is 63.6 Å². The molecule has 0 aromatic heterocycles. The van der Waals surface area contributed by atoms with Gasteiger partial charge in [0, 0.05) is 0 Å². The van der Waals surface area contributed by atoms with Crippen molar-refractivity contribution in [1.29, 1.82) is 0 Å². The second-order valence-electron chi connectivity index (χ2n) is 9.74. The van der Waals surface area contributed by atoms with Gasteiger partial charge in [-0.15, -0.1) is 0 Å². The minimum Gasteiger partial charge on any atom is -0.481 e. The van der Waals surface area contributed by atoms with Crippen LogP contribution in [0.4, 0.5) is 0 Å². The van der Waals surface area contributed by atoms with Crippen LogP contribution in [0.3, 0.4) is 0 Å². The Labute approximate surface area is 181 Å². The summed E-state index contributed by atoms with van der Waals surface area (Å²) in [4.78, 5) is 21.8. The van der Waals surface area contributed by atoms with Gasteiger partial charge in [0.05, 0.1) is 5.41 Å². The van der Waals surface area contributed by atoms with E-state index in [-0.39, 0.29) is 11.0 Å². The molecule has 2 aliphatic carbocycles. The van der Waals surface area contributed by atoms with Gasteiger partial charge in [0.15, 0.2) is 0 Å². The molecule has 2 saturated carbocycles. The van der Waals surface area contributed by atoms with Crippen LogP contribution in [0.2, 0.25) is 0 Å². The molecule has 0 heterocycles. The van der Waals surface area contributed by atoms with E-state index in [1.54, 1.807) is 0 Å². The number of aryl methyl sites for hydroxylation is 2. The van der Waals surface area contributed by atoms with Crippen molar-refractivity contribution in [3.63, 3.8) is 0 Å². The molecule has 0 amide bonds. The molecule has 2 aliphatic rings. The third-order valence-corrected chi connectivity index (χ3v) is 7.60. The first-order valence-corrected chi connectivity index (χ1v) is 11.8. The quantitative estimate of drug-likeness (QED) is 0.279. The fourth-order valence-electron chi connectivity index (χ4n) is 4.76. The predicted octanol–water partition coefficient (Wildman–Crippen LogP) is 6.08. The van der Waals surface area contributed by atoms with Crippen LogP contribution >= 0.6 is 0 Å². The van der Waals surface area contributed by atoms with Gasteiger partial charge < -0.3 is 9.84 Å². The van der Waals surface area contributed by atoms with Gasteiger partial charge in [-0.05, 0) is 107 Å². The molecule has 166 valence electrons. The van der Waals surface area contributed by atoms with Gasteiger partial charge in [-0.3, -0.25) is 9.59 Å². The van der Waals surface area contributed by atoms with Crippen molar-refractivity contribution < 1.29 is 19.4 Å². The molecule has 4 nitrogen and oxygen atoms in total. The Kier molecular flexibility index (Phi) is 7.60. The van der Waals surface area contributed by atoms with Gasteiger partial charge in [0.1, 0.15) is 5.60 Å². The SMILES string of the molecule is Cc1c(CCCCCCC2(C(=O)O)CC2)ccc(CCCCC2(OC=O)CC2)c1C. The van der Waals surface area contributed by atoms with E-state index in [9.17, 15) is 14.7 Å². The molecular formula is C26H38O4. The highest BCUT2D eigenvalue weighted by Crippen LogP contribution is 2.50. The summed E-state index contributed by atoms with van der Waals surface area (Å²) in [5.41, 5.74) is 5.28. The summed E-state index contributed by atoms with van der Waals surface area (Å²) in [5.74, 6) is -0.588. The number of hydrogen-bond acceptors (Lipinski definition) is 3. The Morgan fingerprint density at radius 3 is 1.93 bits per heavy atom. The lowest BCUT2D eigenvalue weighted by Crippen LogP contribution is -2.14. The second kappa shape index (κ2) is 9.98. The highest BCUT2D eigenvalue weighted by molar-refractivity contribution is 5.77. The summed E-state index contributed by atoms with van der Waals surface area (Å²) in [7, 11) is 0. The minimum absolute atomic E-state index is 0.122. The van der Waals surface area contributed by atoms with Crippen molar-refractivity contribution in [2.24, 2.45) is 5.41 Å². The van der Waals surface area contributed by atoms with Gasteiger partial charge in [-0.1, -0.05) is 31.4 Å². The summed E-state index contributed by atoms with van der Waals surface area (Å²) in [6, 6.07) is 4.61. The molecule has 0 unspecified atom stereocenters. The number of carbonyl (C=O) groups is 2. The van der Waals surface area contributed by atoms with Crippen molar-refractivity contribution in [3.8, 4) is 0 Å². The number of aliphatic carboxylic acids is 1. The van der Waals surface area contributed by atoms with Crippen LogP contribution in [0.5, 0.6) is 0 Å². The lowest BCUT2D eigenvalue weighted by molar-refractivity contribution is -0.143. The fraction of sp³-hybridized carbons (Fsp3) is 0.692. The molecule has 1 aromatic carbocycles. The van der Waals surface area contributed by atoms with Crippen LogP contribution in [0, 0.1) is 19.3 Å². The molecule has 0 saturated heterocycles. The molecule has 4 heteroatoms. The molecule has 0 atom stereocenters. The van der Waals surface area contributed by atoms with Crippen molar-refractivity contribution in [3.05, 3.63) is 34.4 Å². The summed E-state index contributed by atoms with van der Waals surface area (Å²) in [6.45, 7) is 5.10. The van der Waals surface area contributed by atoms with E-state index in [0.717, 1.165) is 77.0 Å². The first kappa shape index (κ1) is 22.8. The Bertz CT molecular complexity index is 744. The first-order valence-electron chi connectivity index (χ1n) is 11.8. The highest BCUT2D eigenvalue weighted by Gasteiger charge is 2.49. The maximum absolute atomic E-state index is 11.2. The summed E-state index contributed by atoms with van der Waals surface area (Å²) >= 11 is 0. The Morgan fingerprint density at radius 1 is 0.900 bits per heavy atom. The third kappa shape index (κ3) is 5.86. The fourth-order valence-corrected chi connectivity index (χ4v) is 4.76. The van der Waals surface area contributed by atoms with Gasteiger partial charge in [-0.2, -0.15) is 0 Å². The van der Waals surface area contributed by atoms with E-state index < -0.39 is 5.97 Å². The smallest absolute Gasteiger partial charge is 0.309 e. The van der Waals surface area contributed by atoms with Gasteiger partial charge in [0.2, 0.25) is 0 Å². The number of benzene rings is 1. The normalized spacial score (nSPS) is 18.1. The van der Waals surface area contributed by atoms with E-state index in [2.05, 4.69) is 26.0 Å². The third-order valence-electron chi connectivity index (χ3n) is 7.60. The molecule has 0 radical (unpaired) electrons. The maximum atomic E-state index is 11.2. The molecule has 30 heavy (non-hydrogen) atoms. The van der Waals surface area contributed by atoms with E-state index >= 15 is 0 Å². The van der Waals surface area contributed by atoms with Crippen molar-refractivity contribution in [2.75, 3.05) is 0 Å².